The van der Waals surface area contributed by atoms with Crippen LogP contribution in [0.15, 0.2) is 40.9 Å². The van der Waals surface area contributed by atoms with E-state index in [9.17, 15) is 14.0 Å². The van der Waals surface area contributed by atoms with Gasteiger partial charge in [-0.25, -0.2) is 4.39 Å². The van der Waals surface area contributed by atoms with E-state index in [0.717, 1.165) is 17.2 Å². The van der Waals surface area contributed by atoms with Crippen LogP contribution < -0.4 is 20.1 Å². The maximum absolute atomic E-state index is 13.5. The lowest BCUT2D eigenvalue weighted by molar-refractivity contribution is -0.151. The van der Waals surface area contributed by atoms with Gasteiger partial charge in [0.05, 0.1) is 10.7 Å². The summed E-state index contributed by atoms with van der Waals surface area (Å²) in [5.41, 5.74) is 1.55. The smallest absolute Gasteiger partial charge is 0.258 e. The second-order valence-corrected chi connectivity index (χ2v) is 10.5. The maximum atomic E-state index is 13.5. The Morgan fingerprint density at radius 2 is 1.49 bits per heavy atom. The summed E-state index contributed by atoms with van der Waals surface area (Å²) >= 11 is 12.0. The van der Waals surface area contributed by atoms with E-state index >= 15 is 0 Å². The summed E-state index contributed by atoms with van der Waals surface area (Å²) in [5, 5.41) is 10.4. The van der Waals surface area contributed by atoms with Gasteiger partial charge >= 0.3 is 0 Å². The lowest BCUT2D eigenvalue weighted by Gasteiger charge is -2.70. The summed E-state index contributed by atoms with van der Waals surface area (Å²) in [7, 11) is 0. The van der Waals surface area contributed by atoms with Gasteiger partial charge in [0.1, 0.15) is 23.1 Å². The number of rotatable bonds is 9. The van der Waals surface area contributed by atoms with Gasteiger partial charge in [-0.3, -0.25) is 9.59 Å². The number of hydrogen-bond acceptors (Lipinski definition) is 6. The van der Waals surface area contributed by atoms with Crippen LogP contribution in [0.25, 0.3) is 11.1 Å². The van der Waals surface area contributed by atoms with Gasteiger partial charge < -0.3 is 24.6 Å². The zero-order chi connectivity index (χ0) is 26.4. The molecule has 2 N–H and O–H groups in total. The molecule has 3 saturated carbocycles. The van der Waals surface area contributed by atoms with Gasteiger partial charge in [0.2, 0.25) is 0 Å². The number of nitrogens with one attached hydrogen (secondary N) is 2. The van der Waals surface area contributed by atoms with Gasteiger partial charge in [-0.1, -0.05) is 28.4 Å². The van der Waals surface area contributed by atoms with Crippen molar-refractivity contribution in [3.63, 3.8) is 0 Å². The molecule has 2 amide bonds. The molecule has 0 spiro atoms. The van der Waals surface area contributed by atoms with Crippen LogP contribution in [0.3, 0.4) is 0 Å². The van der Waals surface area contributed by atoms with E-state index in [1.165, 1.54) is 12.1 Å². The van der Waals surface area contributed by atoms with E-state index in [4.69, 9.17) is 37.2 Å². The molecule has 1 aromatic heterocycles. The standard InChI is InChI=1S/C26H24Cl2FN3O5/c1-14-24(15(2)37-32-14)18-7-16(3-5-19(18)27)35-9-22(33)30-25-11-26(12-25,13-25)31-23(34)10-36-17-4-6-20(28)21(29)8-17/h3-8H,9-13H2,1-2H3,(H,30,33)(H,31,34). The summed E-state index contributed by atoms with van der Waals surface area (Å²) in [4.78, 5) is 24.8. The van der Waals surface area contributed by atoms with Gasteiger partial charge in [0.15, 0.2) is 13.2 Å². The van der Waals surface area contributed by atoms with E-state index in [1.54, 1.807) is 25.1 Å². The molecule has 1 heterocycles. The third-order valence-corrected chi connectivity index (χ3v) is 7.35. The molecule has 8 nitrogen and oxygen atoms in total. The first-order valence-corrected chi connectivity index (χ1v) is 12.4. The topological polar surface area (TPSA) is 103 Å². The first kappa shape index (κ1) is 25.4. The zero-order valence-electron chi connectivity index (χ0n) is 20.1. The summed E-state index contributed by atoms with van der Waals surface area (Å²) in [6.45, 7) is 3.23. The highest BCUT2D eigenvalue weighted by Crippen LogP contribution is 2.60. The molecule has 0 atom stereocenters. The number of halogens is 3. The van der Waals surface area contributed by atoms with Gasteiger partial charge in [-0.15, -0.1) is 0 Å². The Morgan fingerprint density at radius 1 is 0.946 bits per heavy atom. The van der Waals surface area contributed by atoms with Crippen LogP contribution in [0.5, 0.6) is 11.5 Å². The number of carbonyl (C=O) groups excluding carboxylic acids is 2. The fourth-order valence-corrected chi connectivity index (χ4v) is 5.56. The highest BCUT2D eigenvalue weighted by atomic mass is 35.5. The van der Waals surface area contributed by atoms with Crippen LogP contribution in [0, 0.1) is 19.7 Å². The van der Waals surface area contributed by atoms with Crippen molar-refractivity contribution in [1.82, 2.24) is 15.8 Å². The van der Waals surface area contributed by atoms with Gasteiger partial charge in [0.25, 0.3) is 11.8 Å². The van der Waals surface area contributed by atoms with Crippen LogP contribution in [-0.2, 0) is 9.59 Å². The van der Waals surface area contributed by atoms with Crippen molar-refractivity contribution in [3.8, 4) is 22.6 Å². The number of aryl methyl sites for hydroxylation is 2. The Morgan fingerprint density at radius 3 is 2.00 bits per heavy atom. The van der Waals surface area contributed by atoms with E-state index in [1.807, 2.05) is 6.92 Å². The molecule has 2 aromatic carbocycles. The molecule has 0 unspecified atom stereocenters. The molecule has 0 radical (unpaired) electrons. The molecular formula is C26H24Cl2FN3O5. The molecule has 3 aliphatic carbocycles. The van der Waals surface area contributed by atoms with Gasteiger partial charge in [-0.2, -0.15) is 0 Å². The van der Waals surface area contributed by atoms with E-state index in [-0.39, 0.29) is 46.9 Å². The molecule has 3 aliphatic rings. The Hall–Kier alpha value is -3.30. The van der Waals surface area contributed by atoms with E-state index in [0.29, 0.717) is 41.5 Å². The molecule has 11 heteroatoms. The van der Waals surface area contributed by atoms with Gasteiger partial charge in [0, 0.05) is 33.3 Å². The average Bonchev–Trinajstić information content (AvgIpc) is 3.14. The SMILES string of the molecule is Cc1noc(C)c1-c1cc(OCC(=O)NC23CC(NC(=O)COc4ccc(Cl)c(F)c4)(C2)C3)ccc1Cl. The lowest BCUT2D eigenvalue weighted by Crippen LogP contribution is -2.84. The highest BCUT2D eigenvalue weighted by molar-refractivity contribution is 6.33. The quantitative estimate of drug-likeness (QED) is 0.400. The summed E-state index contributed by atoms with van der Waals surface area (Å²) in [6.07, 6.45) is 1.89. The number of ether oxygens (including phenoxy) is 2. The maximum Gasteiger partial charge on any atom is 0.258 e. The van der Waals surface area contributed by atoms with E-state index < -0.39 is 5.82 Å². The molecular weight excluding hydrogens is 524 g/mol. The molecule has 194 valence electrons. The van der Waals surface area contributed by atoms with Crippen LogP contribution >= 0.6 is 23.2 Å². The Labute approximate surface area is 222 Å². The third-order valence-electron chi connectivity index (χ3n) is 6.71. The van der Waals surface area contributed by atoms with Crippen molar-refractivity contribution in [2.75, 3.05) is 13.2 Å². The van der Waals surface area contributed by atoms with Crippen molar-refractivity contribution in [2.24, 2.45) is 0 Å². The van der Waals surface area contributed by atoms with Crippen LogP contribution in [-0.4, -0.2) is 41.3 Å². The molecule has 37 heavy (non-hydrogen) atoms. The third kappa shape index (κ3) is 5.10. The number of amides is 2. The number of aromatic nitrogens is 1. The Bertz CT molecular complexity index is 1350. The monoisotopic (exact) mass is 547 g/mol. The zero-order valence-corrected chi connectivity index (χ0v) is 21.6. The van der Waals surface area contributed by atoms with Crippen molar-refractivity contribution >= 4 is 35.0 Å². The van der Waals surface area contributed by atoms with Crippen LogP contribution in [0.2, 0.25) is 10.0 Å². The minimum atomic E-state index is -0.613. The molecule has 2 bridgehead atoms. The fourth-order valence-electron chi connectivity index (χ4n) is 5.23. The largest absolute Gasteiger partial charge is 0.484 e. The molecule has 3 aromatic rings. The number of carbonyl (C=O) groups is 2. The van der Waals surface area contributed by atoms with Crippen molar-refractivity contribution < 1.29 is 28.0 Å². The summed E-state index contributed by atoms with van der Waals surface area (Å²) in [5.74, 6) is 0.188. The predicted octanol–water partition coefficient (Wildman–Crippen LogP) is 4.77. The lowest BCUT2D eigenvalue weighted by atomic mass is 9.44. The van der Waals surface area contributed by atoms with Gasteiger partial charge in [-0.05, 0) is 63.4 Å². The number of hydrogen-bond donors (Lipinski definition) is 2. The molecule has 6 rings (SSSR count). The Kier molecular flexibility index (Phi) is 6.53. The molecule has 0 aliphatic heterocycles. The van der Waals surface area contributed by atoms with Crippen LogP contribution in [0.4, 0.5) is 4.39 Å². The van der Waals surface area contributed by atoms with E-state index in [2.05, 4.69) is 15.8 Å². The summed E-state index contributed by atoms with van der Waals surface area (Å²) < 4.78 is 29.8. The average molecular weight is 548 g/mol. The fraction of sp³-hybridized carbons (Fsp3) is 0.346. The second kappa shape index (κ2) is 9.54. The first-order valence-electron chi connectivity index (χ1n) is 11.6. The number of nitrogens with zero attached hydrogens (tertiary/aromatic N) is 1. The van der Waals surface area contributed by atoms with Crippen molar-refractivity contribution in [1.29, 1.82) is 0 Å². The highest BCUT2D eigenvalue weighted by Gasteiger charge is 2.69. The minimum absolute atomic E-state index is 0.0155. The second-order valence-electron chi connectivity index (χ2n) is 9.68. The van der Waals surface area contributed by atoms with Crippen molar-refractivity contribution in [2.45, 2.75) is 44.2 Å². The summed E-state index contributed by atoms with van der Waals surface area (Å²) in [6, 6.07) is 9.15. The minimum Gasteiger partial charge on any atom is -0.484 e. The van der Waals surface area contributed by atoms with Crippen molar-refractivity contribution in [3.05, 3.63) is 63.7 Å². The molecule has 3 fully saturated rings. The normalized spacial score (nSPS) is 21.4. The molecule has 0 saturated heterocycles. The Balaban J connectivity index is 1.07. The predicted molar refractivity (Wildman–Crippen MR) is 134 cm³/mol. The number of benzene rings is 2. The first-order chi connectivity index (χ1) is 17.6. The van der Waals surface area contributed by atoms with Crippen LogP contribution in [0.1, 0.15) is 30.7 Å².